The third-order valence-corrected chi connectivity index (χ3v) is 4.04. The molecule has 21 heavy (non-hydrogen) atoms. The minimum absolute atomic E-state index is 0.738. The summed E-state index contributed by atoms with van der Waals surface area (Å²) in [6.07, 6.45) is 1.05. The van der Waals surface area contributed by atoms with Crippen molar-refractivity contribution in [3.8, 4) is 0 Å². The van der Waals surface area contributed by atoms with E-state index in [2.05, 4.69) is 72.6 Å². The topological polar surface area (TPSA) is 15.3 Å². The van der Waals surface area contributed by atoms with Crippen molar-refractivity contribution in [1.82, 2.24) is 4.90 Å². The van der Waals surface area contributed by atoms with Gasteiger partial charge in [0.05, 0.1) is 0 Å². The fourth-order valence-corrected chi connectivity index (χ4v) is 2.34. The van der Waals surface area contributed by atoms with E-state index in [4.69, 9.17) is 12.2 Å². The summed E-state index contributed by atoms with van der Waals surface area (Å²) in [6.45, 7) is 5.09. The number of anilines is 1. The van der Waals surface area contributed by atoms with Crippen molar-refractivity contribution in [2.45, 2.75) is 26.8 Å². The molecule has 0 atom stereocenters. The van der Waals surface area contributed by atoms with Crippen molar-refractivity contribution in [3.05, 3.63) is 65.2 Å². The van der Waals surface area contributed by atoms with Crippen LogP contribution < -0.4 is 5.32 Å². The molecule has 0 bridgehead atoms. The van der Waals surface area contributed by atoms with Gasteiger partial charge in [-0.25, -0.2) is 0 Å². The molecule has 0 amide bonds. The van der Waals surface area contributed by atoms with Gasteiger partial charge in [-0.3, -0.25) is 0 Å². The SMILES string of the molecule is CCc1ccc(NC(=S)N(C)Cc2ccccc2C)cc1. The van der Waals surface area contributed by atoms with E-state index in [0.717, 1.165) is 23.8 Å². The van der Waals surface area contributed by atoms with Gasteiger partial charge in [-0.05, 0) is 54.4 Å². The first kappa shape index (κ1) is 15.5. The van der Waals surface area contributed by atoms with E-state index in [9.17, 15) is 0 Å². The second-order valence-electron chi connectivity index (χ2n) is 5.26. The molecular formula is C18H22N2S. The molecule has 2 aromatic carbocycles. The van der Waals surface area contributed by atoms with Crippen LogP contribution in [0.5, 0.6) is 0 Å². The van der Waals surface area contributed by atoms with Gasteiger partial charge < -0.3 is 10.2 Å². The van der Waals surface area contributed by atoms with Gasteiger partial charge in [-0.15, -0.1) is 0 Å². The van der Waals surface area contributed by atoms with Crippen molar-refractivity contribution in [3.63, 3.8) is 0 Å². The molecule has 0 radical (unpaired) electrons. The molecule has 2 rings (SSSR count). The van der Waals surface area contributed by atoms with Crippen LogP contribution in [0.3, 0.4) is 0 Å². The third kappa shape index (κ3) is 4.30. The molecular weight excluding hydrogens is 276 g/mol. The maximum absolute atomic E-state index is 5.48. The predicted molar refractivity (Wildman–Crippen MR) is 94.7 cm³/mol. The van der Waals surface area contributed by atoms with E-state index in [-0.39, 0.29) is 0 Å². The van der Waals surface area contributed by atoms with E-state index in [1.54, 1.807) is 0 Å². The summed E-state index contributed by atoms with van der Waals surface area (Å²) in [5.41, 5.74) is 4.96. The Bertz CT molecular complexity index is 605. The fraction of sp³-hybridized carbons (Fsp3) is 0.278. The average Bonchev–Trinajstić information content (AvgIpc) is 2.50. The Balaban J connectivity index is 1.97. The van der Waals surface area contributed by atoms with Crippen molar-refractivity contribution in [1.29, 1.82) is 0 Å². The molecule has 0 fully saturated rings. The first-order valence-corrected chi connectivity index (χ1v) is 7.66. The smallest absolute Gasteiger partial charge is 0.173 e. The number of hydrogen-bond donors (Lipinski definition) is 1. The molecule has 0 saturated heterocycles. The minimum atomic E-state index is 0.738. The maximum atomic E-state index is 5.48. The van der Waals surface area contributed by atoms with Crippen LogP contribution in [0.2, 0.25) is 0 Å². The van der Waals surface area contributed by atoms with Crippen LogP contribution in [-0.4, -0.2) is 17.1 Å². The number of thiocarbonyl (C=S) groups is 1. The van der Waals surface area contributed by atoms with E-state index in [1.807, 2.05) is 7.05 Å². The second-order valence-corrected chi connectivity index (χ2v) is 5.65. The van der Waals surface area contributed by atoms with Crippen LogP contribution in [0.15, 0.2) is 48.5 Å². The highest BCUT2D eigenvalue weighted by atomic mass is 32.1. The van der Waals surface area contributed by atoms with Crippen LogP contribution in [0.4, 0.5) is 5.69 Å². The molecule has 0 spiro atoms. The average molecular weight is 298 g/mol. The molecule has 0 unspecified atom stereocenters. The maximum Gasteiger partial charge on any atom is 0.173 e. The Hall–Kier alpha value is -1.87. The van der Waals surface area contributed by atoms with E-state index in [1.165, 1.54) is 16.7 Å². The molecule has 0 aliphatic carbocycles. The second kappa shape index (κ2) is 7.23. The Morgan fingerprint density at radius 1 is 1.10 bits per heavy atom. The zero-order valence-electron chi connectivity index (χ0n) is 12.9. The fourth-order valence-electron chi connectivity index (χ4n) is 2.16. The lowest BCUT2D eigenvalue weighted by Gasteiger charge is -2.22. The molecule has 1 N–H and O–H groups in total. The first-order chi connectivity index (χ1) is 10.1. The number of aryl methyl sites for hydroxylation is 2. The van der Waals surface area contributed by atoms with Crippen LogP contribution in [0, 0.1) is 6.92 Å². The van der Waals surface area contributed by atoms with E-state index >= 15 is 0 Å². The van der Waals surface area contributed by atoms with Crippen LogP contribution in [-0.2, 0) is 13.0 Å². The van der Waals surface area contributed by atoms with Crippen LogP contribution in [0.1, 0.15) is 23.6 Å². The van der Waals surface area contributed by atoms with Gasteiger partial charge in [-0.2, -0.15) is 0 Å². The van der Waals surface area contributed by atoms with E-state index in [0.29, 0.717) is 0 Å². The summed E-state index contributed by atoms with van der Waals surface area (Å²) in [7, 11) is 2.02. The largest absolute Gasteiger partial charge is 0.348 e. The highest BCUT2D eigenvalue weighted by Crippen LogP contribution is 2.13. The summed E-state index contributed by atoms with van der Waals surface area (Å²) >= 11 is 5.48. The zero-order chi connectivity index (χ0) is 15.2. The highest BCUT2D eigenvalue weighted by molar-refractivity contribution is 7.80. The van der Waals surface area contributed by atoms with Gasteiger partial charge in [0.2, 0.25) is 0 Å². The number of nitrogens with zero attached hydrogens (tertiary/aromatic N) is 1. The quantitative estimate of drug-likeness (QED) is 0.843. The molecule has 0 saturated carbocycles. The lowest BCUT2D eigenvalue weighted by molar-refractivity contribution is 0.507. The van der Waals surface area contributed by atoms with Gasteiger partial charge in [-0.1, -0.05) is 43.3 Å². The Morgan fingerprint density at radius 3 is 2.38 bits per heavy atom. The summed E-state index contributed by atoms with van der Waals surface area (Å²) in [4.78, 5) is 2.06. The molecule has 2 aromatic rings. The van der Waals surface area contributed by atoms with Gasteiger partial charge in [0.15, 0.2) is 5.11 Å². The van der Waals surface area contributed by atoms with E-state index < -0.39 is 0 Å². The molecule has 3 heteroatoms. The predicted octanol–water partition coefficient (Wildman–Crippen LogP) is 4.39. The Morgan fingerprint density at radius 2 is 1.76 bits per heavy atom. The third-order valence-electron chi connectivity index (χ3n) is 3.63. The monoisotopic (exact) mass is 298 g/mol. The first-order valence-electron chi connectivity index (χ1n) is 7.25. The van der Waals surface area contributed by atoms with Gasteiger partial charge in [0.1, 0.15) is 0 Å². The summed E-state index contributed by atoms with van der Waals surface area (Å²) in [5.74, 6) is 0. The molecule has 0 aliphatic heterocycles. The number of nitrogens with one attached hydrogen (secondary N) is 1. The van der Waals surface area contributed by atoms with Crippen molar-refractivity contribution >= 4 is 23.0 Å². The zero-order valence-corrected chi connectivity index (χ0v) is 13.7. The summed E-state index contributed by atoms with van der Waals surface area (Å²) in [6, 6.07) is 16.8. The summed E-state index contributed by atoms with van der Waals surface area (Å²) < 4.78 is 0. The molecule has 0 aliphatic rings. The molecule has 110 valence electrons. The lowest BCUT2D eigenvalue weighted by atomic mass is 10.1. The lowest BCUT2D eigenvalue weighted by Crippen LogP contribution is -2.30. The number of hydrogen-bond acceptors (Lipinski definition) is 1. The standard InChI is InChI=1S/C18H22N2S/c1-4-15-9-11-17(12-10-15)19-18(21)20(3)13-16-8-6-5-7-14(16)2/h5-12H,4,13H2,1-3H3,(H,19,21). The minimum Gasteiger partial charge on any atom is -0.348 e. The van der Waals surface area contributed by atoms with Crippen molar-refractivity contribution < 1.29 is 0 Å². The van der Waals surface area contributed by atoms with Crippen LogP contribution in [0.25, 0.3) is 0 Å². The Kier molecular flexibility index (Phi) is 5.34. The molecule has 0 aromatic heterocycles. The Labute approximate surface area is 132 Å². The van der Waals surface area contributed by atoms with Gasteiger partial charge in [0, 0.05) is 19.3 Å². The van der Waals surface area contributed by atoms with Crippen molar-refractivity contribution in [2.75, 3.05) is 12.4 Å². The molecule has 2 nitrogen and oxygen atoms in total. The van der Waals surface area contributed by atoms with Crippen molar-refractivity contribution in [2.24, 2.45) is 0 Å². The number of rotatable bonds is 4. The van der Waals surface area contributed by atoms with Gasteiger partial charge >= 0.3 is 0 Å². The molecule has 0 heterocycles. The van der Waals surface area contributed by atoms with Gasteiger partial charge in [0.25, 0.3) is 0 Å². The highest BCUT2D eigenvalue weighted by Gasteiger charge is 2.07. The normalized spacial score (nSPS) is 10.2. The van der Waals surface area contributed by atoms with Crippen LogP contribution >= 0.6 is 12.2 Å². The summed E-state index contributed by atoms with van der Waals surface area (Å²) in [5, 5.41) is 4.03. The number of benzene rings is 2.